The van der Waals surface area contributed by atoms with Crippen LogP contribution in [0, 0.1) is 13.8 Å². The molecule has 0 spiro atoms. The van der Waals surface area contributed by atoms with Gasteiger partial charge in [0.2, 0.25) is 0 Å². The predicted molar refractivity (Wildman–Crippen MR) is 92.6 cm³/mol. The first-order valence-corrected chi connectivity index (χ1v) is 7.60. The zero-order chi connectivity index (χ0) is 15.9. The number of carbonyl (C=O) groups excluding carboxylic acids is 1. The van der Waals surface area contributed by atoms with Crippen molar-refractivity contribution >= 4 is 16.9 Å². The van der Waals surface area contributed by atoms with E-state index in [1.807, 2.05) is 38.1 Å². The minimum atomic E-state index is 0.141. The average molecular weight is 288 g/mol. The first-order valence-electron chi connectivity index (χ1n) is 7.60. The van der Waals surface area contributed by atoms with E-state index in [2.05, 4.69) is 38.1 Å². The first-order chi connectivity index (χ1) is 10.5. The van der Waals surface area contributed by atoms with Gasteiger partial charge in [-0.25, -0.2) is 0 Å². The molecule has 1 heteroatoms. The van der Waals surface area contributed by atoms with E-state index in [1.54, 1.807) is 0 Å². The molecule has 1 aliphatic carbocycles. The Labute approximate surface area is 132 Å². The minimum Gasteiger partial charge on any atom is -0.289 e. The lowest BCUT2D eigenvalue weighted by Crippen LogP contribution is -2.01. The summed E-state index contributed by atoms with van der Waals surface area (Å²) in [5.41, 5.74) is 8.28. The fourth-order valence-electron chi connectivity index (χ4n) is 2.98. The Morgan fingerprint density at radius 3 is 1.18 bits per heavy atom. The molecule has 1 nitrogen and oxygen atoms in total. The smallest absolute Gasteiger partial charge is 0.194 e. The Balaban J connectivity index is 2.06. The van der Waals surface area contributed by atoms with Crippen molar-refractivity contribution in [3.8, 4) is 0 Å². The van der Waals surface area contributed by atoms with Crippen LogP contribution < -0.4 is 0 Å². The van der Waals surface area contributed by atoms with E-state index in [0.29, 0.717) is 0 Å². The lowest BCUT2D eigenvalue weighted by molar-refractivity contribution is -0.108. The summed E-state index contributed by atoms with van der Waals surface area (Å²) in [4.78, 5) is 13.0. The van der Waals surface area contributed by atoms with Gasteiger partial charge in [0.05, 0.1) is 0 Å². The van der Waals surface area contributed by atoms with Crippen molar-refractivity contribution in [1.29, 1.82) is 0 Å². The fourth-order valence-corrected chi connectivity index (χ4v) is 2.98. The fraction of sp³-hybridized carbons (Fsp3) is 0.190. The van der Waals surface area contributed by atoms with E-state index in [1.165, 1.54) is 11.1 Å². The Hall–Kier alpha value is -2.41. The molecule has 3 rings (SSSR count). The van der Waals surface area contributed by atoms with Crippen LogP contribution in [-0.2, 0) is 4.79 Å². The maximum absolute atomic E-state index is 13.0. The second kappa shape index (κ2) is 5.42. The number of carbonyl (C=O) groups is 1. The molecule has 0 amide bonds. The number of hydrogen-bond donors (Lipinski definition) is 0. The summed E-state index contributed by atoms with van der Waals surface area (Å²) >= 11 is 0. The van der Waals surface area contributed by atoms with Crippen LogP contribution in [0.2, 0.25) is 0 Å². The van der Waals surface area contributed by atoms with Crippen molar-refractivity contribution in [2.75, 3.05) is 0 Å². The third-order valence-electron chi connectivity index (χ3n) is 4.45. The van der Waals surface area contributed by atoms with Crippen LogP contribution in [0.15, 0.2) is 59.7 Å². The predicted octanol–water partition coefficient (Wildman–Crippen LogP) is 5.13. The van der Waals surface area contributed by atoms with Crippen LogP contribution >= 0.6 is 0 Å². The third-order valence-corrected chi connectivity index (χ3v) is 4.45. The summed E-state index contributed by atoms with van der Waals surface area (Å²) < 4.78 is 0. The van der Waals surface area contributed by atoms with Crippen LogP contribution in [0.4, 0.5) is 0 Å². The molecule has 1 aliphatic rings. The molecule has 0 saturated carbocycles. The van der Waals surface area contributed by atoms with Crippen molar-refractivity contribution in [2.24, 2.45) is 0 Å². The molecule has 22 heavy (non-hydrogen) atoms. The molecule has 0 heterocycles. The van der Waals surface area contributed by atoms with Crippen LogP contribution in [0.5, 0.6) is 0 Å². The number of ketones is 1. The summed E-state index contributed by atoms with van der Waals surface area (Å²) in [6.45, 7) is 8.21. The zero-order valence-corrected chi connectivity index (χ0v) is 13.5. The summed E-state index contributed by atoms with van der Waals surface area (Å²) in [5.74, 6) is 0.141. The maximum Gasteiger partial charge on any atom is 0.194 e. The zero-order valence-electron chi connectivity index (χ0n) is 13.5. The average Bonchev–Trinajstić information content (AvgIpc) is 2.72. The second-order valence-electron chi connectivity index (χ2n) is 6.06. The Morgan fingerprint density at radius 1 is 0.545 bits per heavy atom. The van der Waals surface area contributed by atoms with Gasteiger partial charge in [0.25, 0.3) is 0 Å². The van der Waals surface area contributed by atoms with E-state index in [0.717, 1.165) is 33.4 Å². The van der Waals surface area contributed by atoms with Gasteiger partial charge in [0.15, 0.2) is 5.78 Å². The molecule has 0 unspecified atom stereocenters. The molecule has 2 aromatic rings. The largest absolute Gasteiger partial charge is 0.289 e. The summed E-state index contributed by atoms with van der Waals surface area (Å²) in [5, 5.41) is 0. The molecule has 0 aliphatic heterocycles. The van der Waals surface area contributed by atoms with Gasteiger partial charge in [-0.3, -0.25) is 4.79 Å². The molecule has 0 fully saturated rings. The number of rotatable bonds is 2. The van der Waals surface area contributed by atoms with Gasteiger partial charge in [-0.05, 0) is 50.0 Å². The van der Waals surface area contributed by atoms with Gasteiger partial charge < -0.3 is 0 Å². The number of Topliss-reactive ketones (excluding diaryl/α,β-unsaturated/α-hetero) is 1. The van der Waals surface area contributed by atoms with Gasteiger partial charge in [-0.15, -0.1) is 0 Å². The van der Waals surface area contributed by atoms with Crippen LogP contribution in [0.3, 0.4) is 0 Å². The molecule has 110 valence electrons. The summed E-state index contributed by atoms with van der Waals surface area (Å²) in [6.07, 6.45) is 0. The summed E-state index contributed by atoms with van der Waals surface area (Å²) in [7, 11) is 0. The number of hydrogen-bond acceptors (Lipinski definition) is 1. The molecule has 0 bridgehead atoms. The van der Waals surface area contributed by atoms with Crippen molar-refractivity contribution in [2.45, 2.75) is 27.7 Å². The molecule has 0 N–H and O–H groups in total. The van der Waals surface area contributed by atoms with E-state index in [-0.39, 0.29) is 5.78 Å². The molecule has 0 radical (unpaired) electrons. The van der Waals surface area contributed by atoms with Crippen LogP contribution in [0.25, 0.3) is 11.1 Å². The lowest BCUT2D eigenvalue weighted by Gasteiger charge is -2.07. The monoisotopic (exact) mass is 288 g/mol. The maximum atomic E-state index is 13.0. The standard InChI is InChI=1S/C21H20O/c1-13-5-9-17(10-6-13)19-15(3)16(4)20(21(19)22)18-11-7-14(2)8-12-18/h5-12H,1-4H3. The van der Waals surface area contributed by atoms with Gasteiger partial charge in [0.1, 0.15) is 0 Å². The van der Waals surface area contributed by atoms with E-state index in [9.17, 15) is 4.79 Å². The highest BCUT2D eigenvalue weighted by atomic mass is 16.1. The number of benzene rings is 2. The van der Waals surface area contributed by atoms with Gasteiger partial charge >= 0.3 is 0 Å². The Bertz CT molecular complexity index is 730. The number of aryl methyl sites for hydroxylation is 2. The Kier molecular flexibility index (Phi) is 3.58. The topological polar surface area (TPSA) is 17.1 Å². The van der Waals surface area contributed by atoms with Crippen LogP contribution in [-0.4, -0.2) is 5.78 Å². The van der Waals surface area contributed by atoms with E-state index in [4.69, 9.17) is 0 Å². The minimum absolute atomic E-state index is 0.141. The Morgan fingerprint density at radius 2 is 0.864 bits per heavy atom. The SMILES string of the molecule is CC1=C(c2ccc(C)cc2)C(=O)C(c2ccc(C)cc2)=C1C. The van der Waals surface area contributed by atoms with E-state index >= 15 is 0 Å². The quantitative estimate of drug-likeness (QED) is 0.748. The molecular weight excluding hydrogens is 268 g/mol. The molecule has 0 atom stereocenters. The normalized spacial score (nSPS) is 15.0. The van der Waals surface area contributed by atoms with Crippen LogP contribution in [0.1, 0.15) is 36.1 Å². The van der Waals surface area contributed by atoms with Gasteiger partial charge in [-0.2, -0.15) is 0 Å². The van der Waals surface area contributed by atoms with Crippen molar-refractivity contribution in [3.63, 3.8) is 0 Å². The molecule has 0 saturated heterocycles. The molecule has 0 aromatic heterocycles. The lowest BCUT2D eigenvalue weighted by atomic mass is 9.95. The highest BCUT2D eigenvalue weighted by Crippen LogP contribution is 2.39. The van der Waals surface area contributed by atoms with Crippen molar-refractivity contribution in [3.05, 3.63) is 81.9 Å². The highest BCUT2D eigenvalue weighted by molar-refractivity contribution is 6.46. The highest BCUT2D eigenvalue weighted by Gasteiger charge is 2.29. The number of allylic oxidation sites excluding steroid dienone is 4. The van der Waals surface area contributed by atoms with Gasteiger partial charge in [-0.1, -0.05) is 59.7 Å². The van der Waals surface area contributed by atoms with E-state index < -0.39 is 0 Å². The first kappa shape index (κ1) is 14.5. The van der Waals surface area contributed by atoms with Gasteiger partial charge in [0, 0.05) is 11.1 Å². The second-order valence-corrected chi connectivity index (χ2v) is 6.06. The molecule has 2 aromatic carbocycles. The van der Waals surface area contributed by atoms with Crippen molar-refractivity contribution in [1.82, 2.24) is 0 Å². The third kappa shape index (κ3) is 2.33. The molecular formula is C21H20O. The van der Waals surface area contributed by atoms with Crippen molar-refractivity contribution < 1.29 is 4.79 Å². The summed E-state index contributed by atoms with van der Waals surface area (Å²) in [6, 6.07) is 16.4.